The molecule has 1 atom stereocenters. The maximum Gasteiger partial charge on any atom is 0.270 e. The smallest absolute Gasteiger partial charge is 0.258 e. The summed E-state index contributed by atoms with van der Waals surface area (Å²) in [4.78, 5) is 15.0. The summed E-state index contributed by atoms with van der Waals surface area (Å²) in [6.45, 7) is 2.07. The van der Waals surface area contributed by atoms with Crippen molar-refractivity contribution in [2.45, 2.75) is 16.5 Å². The van der Waals surface area contributed by atoms with Gasteiger partial charge in [0.05, 0.1) is 15.1 Å². The molecule has 0 N–H and O–H groups in total. The molecule has 112 valence electrons. The van der Waals surface area contributed by atoms with E-state index in [0.717, 1.165) is 25.1 Å². The highest BCUT2D eigenvalue weighted by molar-refractivity contribution is 8.01. The van der Waals surface area contributed by atoms with Crippen molar-refractivity contribution >= 4 is 50.6 Å². The molecule has 0 fully saturated rings. The van der Waals surface area contributed by atoms with Gasteiger partial charge in [0.25, 0.3) is 5.69 Å². The Morgan fingerprint density at radius 1 is 1.32 bits per heavy atom. The van der Waals surface area contributed by atoms with Crippen molar-refractivity contribution in [3.05, 3.63) is 63.2 Å². The zero-order chi connectivity index (χ0) is 15.7. The first-order valence-corrected chi connectivity index (χ1v) is 8.58. The molecule has 7 heteroatoms. The van der Waals surface area contributed by atoms with Gasteiger partial charge < -0.3 is 0 Å². The fourth-order valence-corrected chi connectivity index (χ4v) is 4.85. The zero-order valence-electron chi connectivity index (χ0n) is 11.5. The lowest BCUT2D eigenvalue weighted by Gasteiger charge is -2.10. The predicted octanol–water partition coefficient (Wildman–Crippen LogP) is 5.71. The van der Waals surface area contributed by atoms with Gasteiger partial charge in [0.2, 0.25) is 0 Å². The molecule has 0 radical (unpaired) electrons. The van der Waals surface area contributed by atoms with E-state index in [-0.39, 0.29) is 10.9 Å². The molecule has 2 aromatic carbocycles. The molecule has 0 spiro atoms. The van der Waals surface area contributed by atoms with Crippen LogP contribution in [0.2, 0.25) is 5.02 Å². The molecule has 0 unspecified atom stereocenters. The number of benzene rings is 2. The van der Waals surface area contributed by atoms with E-state index in [1.807, 2.05) is 24.3 Å². The molecular weight excluding hydrogens is 340 g/mol. The minimum Gasteiger partial charge on any atom is -0.258 e. The zero-order valence-corrected chi connectivity index (χ0v) is 13.9. The van der Waals surface area contributed by atoms with E-state index >= 15 is 0 Å². The third-order valence-electron chi connectivity index (χ3n) is 3.18. The van der Waals surface area contributed by atoms with E-state index in [1.165, 1.54) is 17.4 Å². The summed E-state index contributed by atoms with van der Waals surface area (Å²) in [7, 11) is 0. The first-order valence-electron chi connectivity index (χ1n) is 6.50. The Balaban J connectivity index is 1.88. The number of hydrogen-bond donors (Lipinski definition) is 0. The van der Waals surface area contributed by atoms with Gasteiger partial charge in [-0.2, -0.15) is 0 Å². The summed E-state index contributed by atoms with van der Waals surface area (Å²) >= 11 is 9.28. The number of thiazole rings is 1. The summed E-state index contributed by atoms with van der Waals surface area (Å²) in [5.74, 6) is 0. The molecule has 3 rings (SSSR count). The maximum absolute atomic E-state index is 10.8. The van der Waals surface area contributed by atoms with Gasteiger partial charge in [0, 0.05) is 22.4 Å². The van der Waals surface area contributed by atoms with Crippen LogP contribution in [0.3, 0.4) is 0 Å². The molecular formula is C15H11ClN2O2S2. The number of halogens is 1. The average molecular weight is 351 g/mol. The molecule has 0 saturated carbocycles. The van der Waals surface area contributed by atoms with Crippen LogP contribution in [0.5, 0.6) is 0 Å². The van der Waals surface area contributed by atoms with Gasteiger partial charge in [-0.15, -0.1) is 11.3 Å². The lowest BCUT2D eigenvalue weighted by atomic mass is 10.2. The summed E-state index contributed by atoms with van der Waals surface area (Å²) in [5.41, 5.74) is 1.93. The molecule has 0 bridgehead atoms. The second kappa shape index (κ2) is 6.24. The standard InChI is InChI=1S/C15H11ClN2O2S2/c1-9(11-4-2-3-5-12(11)16)21-15-17-13-7-6-10(18(19)20)8-14(13)22-15/h2-9H,1H3/t9-/m0/s1. The highest BCUT2D eigenvalue weighted by atomic mass is 35.5. The third kappa shape index (κ3) is 3.09. The molecule has 1 heterocycles. The van der Waals surface area contributed by atoms with Crippen molar-refractivity contribution in [1.29, 1.82) is 0 Å². The average Bonchev–Trinajstić information content (AvgIpc) is 2.88. The van der Waals surface area contributed by atoms with Crippen LogP contribution in [-0.2, 0) is 0 Å². The number of non-ortho nitro benzene ring substituents is 1. The van der Waals surface area contributed by atoms with Gasteiger partial charge in [-0.05, 0) is 24.6 Å². The monoisotopic (exact) mass is 350 g/mol. The predicted molar refractivity (Wildman–Crippen MR) is 92.0 cm³/mol. The Morgan fingerprint density at radius 2 is 2.09 bits per heavy atom. The fourth-order valence-electron chi connectivity index (χ4n) is 2.08. The van der Waals surface area contributed by atoms with E-state index < -0.39 is 4.92 Å². The van der Waals surface area contributed by atoms with Gasteiger partial charge in [-0.25, -0.2) is 4.98 Å². The third-order valence-corrected chi connectivity index (χ3v) is 5.78. The molecule has 4 nitrogen and oxygen atoms in total. The van der Waals surface area contributed by atoms with Crippen LogP contribution < -0.4 is 0 Å². The first kappa shape index (κ1) is 15.3. The summed E-state index contributed by atoms with van der Waals surface area (Å²) in [6, 6.07) is 12.5. The first-order chi connectivity index (χ1) is 10.5. The minimum absolute atomic E-state index is 0.0897. The Labute approximate surface area is 140 Å². The summed E-state index contributed by atoms with van der Waals surface area (Å²) in [5, 5.41) is 11.7. The van der Waals surface area contributed by atoms with E-state index in [2.05, 4.69) is 11.9 Å². The minimum atomic E-state index is -0.391. The van der Waals surface area contributed by atoms with Crippen LogP contribution in [0.1, 0.15) is 17.7 Å². The van der Waals surface area contributed by atoms with Crippen LogP contribution in [0.15, 0.2) is 46.8 Å². The Kier molecular flexibility index (Phi) is 4.33. The molecule has 0 amide bonds. The van der Waals surface area contributed by atoms with Crippen LogP contribution in [0.25, 0.3) is 10.2 Å². The number of nitrogens with zero attached hydrogens (tertiary/aromatic N) is 2. The van der Waals surface area contributed by atoms with Crippen molar-refractivity contribution < 1.29 is 4.92 Å². The fraction of sp³-hybridized carbons (Fsp3) is 0.133. The van der Waals surface area contributed by atoms with E-state index in [0.29, 0.717) is 0 Å². The van der Waals surface area contributed by atoms with Crippen molar-refractivity contribution in [2.75, 3.05) is 0 Å². The van der Waals surface area contributed by atoms with Crippen LogP contribution >= 0.6 is 34.7 Å². The normalized spacial score (nSPS) is 12.5. The van der Waals surface area contributed by atoms with Crippen molar-refractivity contribution in [1.82, 2.24) is 4.98 Å². The lowest BCUT2D eigenvalue weighted by Crippen LogP contribution is -1.89. The number of rotatable bonds is 4. The highest BCUT2D eigenvalue weighted by Gasteiger charge is 2.15. The Hall–Kier alpha value is -1.63. The molecule has 1 aromatic heterocycles. The van der Waals surface area contributed by atoms with E-state index in [1.54, 1.807) is 23.9 Å². The largest absolute Gasteiger partial charge is 0.270 e. The van der Waals surface area contributed by atoms with Crippen molar-refractivity contribution in [2.24, 2.45) is 0 Å². The SMILES string of the molecule is C[C@H](Sc1nc2ccc([N+](=O)[O-])cc2s1)c1ccccc1Cl. The van der Waals surface area contributed by atoms with Crippen molar-refractivity contribution in [3.63, 3.8) is 0 Å². The van der Waals surface area contributed by atoms with E-state index in [9.17, 15) is 10.1 Å². The van der Waals surface area contributed by atoms with Crippen molar-refractivity contribution in [3.8, 4) is 0 Å². The number of aromatic nitrogens is 1. The van der Waals surface area contributed by atoms with E-state index in [4.69, 9.17) is 11.6 Å². The van der Waals surface area contributed by atoms with Crippen LogP contribution in [0.4, 0.5) is 5.69 Å². The number of hydrogen-bond acceptors (Lipinski definition) is 5. The molecule has 0 saturated heterocycles. The maximum atomic E-state index is 10.8. The number of thioether (sulfide) groups is 1. The molecule has 0 aliphatic carbocycles. The lowest BCUT2D eigenvalue weighted by molar-refractivity contribution is -0.384. The van der Waals surface area contributed by atoms with Crippen LogP contribution in [-0.4, -0.2) is 9.91 Å². The molecule has 0 aliphatic heterocycles. The summed E-state index contributed by atoms with van der Waals surface area (Å²) in [6.07, 6.45) is 0. The molecule has 3 aromatic rings. The number of nitro groups is 1. The molecule has 22 heavy (non-hydrogen) atoms. The summed E-state index contributed by atoms with van der Waals surface area (Å²) < 4.78 is 1.70. The Morgan fingerprint density at radius 3 is 2.82 bits per heavy atom. The number of fused-ring (bicyclic) bond motifs is 1. The molecule has 0 aliphatic rings. The van der Waals surface area contributed by atoms with Gasteiger partial charge in [-0.3, -0.25) is 10.1 Å². The number of nitro benzene ring substituents is 1. The van der Waals surface area contributed by atoms with Gasteiger partial charge >= 0.3 is 0 Å². The van der Waals surface area contributed by atoms with Gasteiger partial charge in [0.1, 0.15) is 0 Å². The second-order valence-electron chi connectivity index (χ2n) is 4.67. The van der Waals surface area contributed by atoms with Gasteiger partial charge in [-0.1, -0.05) is 41.6 Å². The quantitative estimate of drug-likeness (QED) is 0.343. The topological polar surface area (TPSA) is 56.0 Å². The Bertz CT molecular complexity index is 850. The second-order valence-corrected chi connectivity index (χ2v) is 7.70. The van der Waals surface area contributed by atoms with Gasteiger partial charge in [0.15, 0.2) is 4.34 Å². The highest BCUT2D eigenvalue weighted by Crippen LogP contribution is 2.41. The van der Waals surface area contributed by atoms with Crippen LogP contribution in [0, 0.1) is 10.1 Å².